The highest BCUT2D eigenvalue weighted by molar-refractivity contribution is 5.26. The second-order valence-electron chi connectivity index (χ2n) is 4.92. The summed E-state index contributed by atoms with van der Waals surface area (Å²) in [5.41, 5.74) is 1.19. The first-order chi connectivity index (χ1) is 9.24. The minimum absolute atomic E-state index is 0.211. The van der Waals surface area contributed by atoms with Gasteiger partial charge in [-0.1, -0.05) is 17.7 Å². The van der Waals surface area contributed by atoms with Crippen LogP contribution in [0.3, 0.4) is 0 Å². The summed E-state index contributed by atoms with van der Waals surface area (Å²) in [6, 6.07) is 7.78. The van der Waals surface area contributed by atoms with Gasteiger partial charge in [-0.15, -0.1) is 0 Å². The first-order valence-corrected chi connectivity index (χ1v) is 6.81. The lowest BCUT2D eigenvalue weighted by atomic mass is 10.1. The fraction of sp³-hybridized carbons (Fsp3) is 0.600. The Hall–Kier alpha value is -1.10. The van der Waals surface area contributed by atoms with Crippen LogP contribution < -0.4 is 4.74 Å². The number of aryl methyl sites for hydroxylation is 1. The van der Waals surface area contributed by atoms with E-state index in [-0.39, 0.29) is 12.7 Å². The zero-order chi connectivity index (χ0) is 13.5. The number of hydrogen-bond acceptors (Lipinski definition) is 4. The highest BCUT2D eigenvalue weighted by atomic mass is 16.5. The number of benzene rings is 1. The minimum Gasteiger partial charge on any atom is -0.491 e. The average Bonchev–Trinajstić information content (AvgIpc) is 2.45. The van der Waals surface area contributed by atoms with Gasteiger partial charge in [0.1, 0.15) is 18.5 Å². The van der Waals surface area contributed by atoms with E-state index in [1.807, 2.05) is 31.2 Å². The molecule has 0 spiro atoms. The molecule has 0 amide bonds. The van der Waals surface area contributed by atoms with E-state index in [4.69, 9.17) is 14.2 Å². The van der Waals surface area contributed by atoms with E-state index in [0.717, 1.165) is 31.8 Å². The monoisotopic (exact) mass is 266 g/mol. The van der Waals surface area contributed by atoms with Crippen molar-refractivity contribution < 1.29 is 19.3 Å². The van der Waals surface area contributed by atoms with Gasteiger partial charge in [0.25, 0.3) is 0 Å². The van der Waals surface area contributed by atoms with Crippen LogP contribution in [0.2, 0.25) is 0 Å². The summed E-state index contributed by atoms with van der Waals surface area (Å²) >= 11 is 0. The highest BCUT2D eigenvalue weighted by Gasteiger charge is 2.16. The van der Waals surface area contributed by atoms with Crippen molar-refractivity contribution in [1.82, 2.24) is 0 Å². The Bertz CT molecular complexity index is 357. The van der Waals surface area contributed by atoms with Crippen LogP contribution in [0.5, 0.6) is 5.75 Å². The molecular formula is C15H22O4. The second-order valence-corrected chi connectivity index (χ2v) is 4.92. The number of ether oxygens (including phenoxy) is 3. The molecule has 0 saturated carbocycles. The third-order valence-electron chi connectivity index (χ3n) is 3.16. The van der Waals surface area contributed by atoms with Crippen LogP contribution in [-0.2, 0) is 9.47 Å². The predicted molar refractivity (Wildman–Crippen MR) is 72.5 cm³/mol. The van der Waals surface area contributed by atoms with Gasteiger partial charge >= 0.3 is 0 Å². The fourth-order valence-electron chi connectivity index (χ4n) is 1.96. The van der Waals surface area contributed by atoms with Crippen molar-refractivity contribution in [2.45, 2.75) is 32.0 Å². The van der Waals surface area contributed by atoms with Gasteiger partial charge in [-0.25, -0.2) is 0 Å². The van der Waals surface area contributed by atoms with Gasteiger partial charge in [-0.05, 0) is 31.9 Å². The van der Waals surface area contributed by atoms with Crippen LogP contribution in [-0.4, -0.2) is 43.7 Å². The molecule has 1 aromatic rings. The molecule has 4 nitrogen and oxygen atoms in total. The summed E-state index contributed by atoms with van der Waals surface area (Å²) in [7, 11) is 0. The lowest BCUT2D eigenvalue weighted by Gasteiger charge is -2.23. The summed E-state index contributed by atoms with van der Waals surface area (Å²) in [6.07, 6.45) is 1.43. The van der Waals surface area contributed by atoms with Crippen LogP contribution >= 0.6 is 0 Å². The van der Waals surface area contributed by atoms with Gasteiger partial charge in [0, 0.05) is 13.2 Å². The molecule has 0 aliphatic carbocycles. The zero-order valence-corrected chi connectivity index (χ0v) is 11.4. The van der Waals surface area contributed by atoms with Gasteiger partial charge in [0.2, 0.25) is 0 Å². The van der Waals surface area contributed by atoms with Crippen molar-refractivity contribution in [3.63, 3.8) is 0 Å². The summed E-state index contributed by atoms with van der Waals surface area (Å²) in [5.74, 6) is 0.774. The molecule has 4 heteroatoms. The third-order valence-corrected chi connectivity index (χ3v) is 3.16. The molecule has 1 heterocycles. The molecule has 19 heavy (non-hydrogen) atoms. The van der Waals surface area contributed by atoms with Crippen molar-refractivity contribution in [2.24, 2.45) is 0 Å². The lowest BCUT2D eigenvalue weighted by Crippen LogP contribution is -2.30. The molecule has 1 aliphatic heterocycles. The molecule has 1 fully saturated rings. The molecule has 0 bridgehead atoms. The van der Waals surface area contributed by atoms with Crippen molar-refractivity contribution >= 4 is 0 Å². The summed E-state index contributed by atoms with van der Waals surface area (Å²) in [5, 5.41) is 9.81. The van der Waals surface area contributed by atoms with Gasteiger partial charge in [-0.2, -0.15) is 0 Å². The van der Waals surface area contributed by atoms with Crippen molar-refractivity contribution in [1.29, 1.82) is 0 Å². The first kappa shape index (κ1) is 14.3. The van der Waals surface area contributed by atoms with Gasteiger partial charge in [0.15, 0.2) is 0 Å². The smallest absolute Gasteiger partial charge is 0.119 e. The Labute approximate surface area is 114 Å². The van der Waals surface area contributed by atoms with E-state index in [2.05, 4.69) is 0 Å². The van der Waals surface area contributed by atoms with Crippen molar-refractivity contribution in [2.75, 3.05) is 26.4 Å². The lowest BCUT2D eigenvalue weighted by molar-refractivity contribution is -0.0659. The minimum atomic E-state index is -0.593. The summed E-state index contributed by atoms with van der Waals surface area (Å²) in [6.45, 7) is 4.10. The highest BCUT2D eigenvalue weighted by Crippen LogP contribution is 2.13. The van der Waals surface area contributed by atoms with Crippen LogP contribution in [0.15, 0.2) is 24.3 Å². The number of rotatable bonds is 6. The Morgan fingerprint density at radius 3 is 2.58 bits per heavy atom. The topological polar surface area (TPSA) is 47.9 Å². The number of aliphatic hydroxyl groups excluding tert-OH is 1. The average molecular weight is 266 g/mol. The quantitative estimate of drug-likeness (QED) is 0.854. The molecule has 0 radical (unpaired) electrons. The SMILES string of the molecule is Cc1ccc(OCC(O)COC2CCOCC2)cc1. The van der Waals surface area contributed by atoms with Gasteiger partial charge in [0.05, 0.1) is 12.7 Å². The van der Waals surface area contributed by atoms with Crippen LogP contribution in [0.4, 0.5) is 0 Å². The normalized spacial score (nSPS) is 18.2. The fourth-order valence-corrected chi connectivity index (χ4v) is 1.96. The molecule has 1 aliphatic rings. The van der Waals surface area contributed by atoms with E-state index in [9.17, 15) is 5.11 Å². The molecule has 1 atom stereocenters. The van der Waals surface area contributed by atoms with E-state index >= 15 is 0 Å². The Morgan fingerprint density at radius 2 is 1.89 bits per heavy atom. The number of hydrogen-bond donors (Lipinski definition) is 1. The third kappa shape index (κ3) is 5.19. The molecule has 2 rings (SSSR count). The van der Waals surface area contributed by atoms with Crippen LogP contribution in [0.1, 0.15) is 18.4 Å². The zero-order valence-electron chi connectivity index (χ0n) is 11.4. The van der Waals surface area contributed by atoms with E-state index in [0.29, 0.717) is 6.61 Å². The second kappa shape index (κ2) is 7.48. The summed E-state index contributed by atoms with van der Waals surface area (Å²) in [4.78, 5) is 0. The molecule has 1 saturated heterocycles. The van der Waals surface area contributed by atoms with Crippen molar-refractivity contribution in [3.05, 3.63) is 29.8 Å². The molecule has 1 unspecified atom stereocenters. The Kier molecular flexibility index (Phi) is 5.63. The largest absolute Gasteiger partial charge is 0.491 e. The van der Waals surface area contributed by atoms with Gasteiger partial charge < -0.3 is 19.3 Å². The molecule has 0 aromatic heterocycles. The maximum atomic E-state index is 9.81. The first-order valence-electron chi connectivity index (χ1n) is 6.81. The summed E-state index contributed by atoms with van der Waals surface area (Å²) < 4.78 is 16.4. The Morgan fingerprint density at radius 1 is 1.21 bits per heavy atom. The molecule has 1 N–H and O–H groups in total. The van der Waals surface area contributed by atoms with E-state index in [1.54, 1.807) is 0 Å². The predicted octanol–water partition coefficient (Wildman–Crippen LogP) is 1.93. The van der Waals surface area contributed by atoms with Crippen LogP contribution in [0, 0.1) is 6.92 Å². The number of aliphatic hydroxyl groups is 1. The molecule has 1 aromatic carbocycles. The van der Waals surface area contributed by atoms with E-state index in [1.165, 1.54) is 5.56 Å². The molecular weight excluding hydrogens is 244 g/mol. The maximum absolute atomic E-state index is 9.81. The van der Waals surface area contributed by atoms with E-state index < -0.39 is 6.10 Å². The van der Waals surface area contributed by atoms with Crippen LogP contribution in [0.25, 0.3) is 0 Å². The van der Waals surface area contributed by atoms with Crippen molar-refractivity contribution in [3.8, 4) is 5.75 Å². The molecule has 106 valence electrons. The maximum Gasteiger partial charge on any atom is 0.119 e. The standard InChI is InChI=1S/C15H22O4/c1-12-2-4-14(5-3-12)18-10-13(16)11-19-15-6-8-17-9-7-15/h2-5,13,15-16H,6-11H2,1H3. The van der Waals surface area contributed by atoms with Gasteiger partial charge in [-0.3, -0.25) is 0 Å². The Balaban J connectivity index is 1.63.